The number of hydrogen-bond acceptors (Lipinski definition) is 4. The van der Waals surface area contributed by atoms with Crippen LogP contribution >= 0.6 is 0 Å². The zero-order valence-electron chi connectivity index (χ0n) is 19.8. The Morgan fingerprint density at radius 2 is 1.97 bits per heavy atom. The van der Waals surface area contributed by atoms with Crippen LogP contribution in [0.5, 0.6) is 5.75 Å². The molecular formula is C25H36N4O3. The Morgan fingerprint density at radius 1 is 1.28 bits per heavy atom. The number of benzene rings is 1. The van der Waals surface area contributed by atoms with E-state index in [9.17, 15) is 9.59 Å². The summed E-state index contributed by atoms with van der Waals surface area (Å²) in [6.45, 7) is 10.7. The number of hydrogen-bond donors (Lipinski definition) is 3. The van der Waals surface area contributed by atoms with Crippen molar-refractivity contribution in [1.29, 1.82) is 5.41 Å². The van der Waals surface area contributed by atoms with Crippen molar-refractivity contribution >= 4 is 17.8 Å². The maximum atomic E-state index is 13.2. The topological polar surface area (TPSA) is 94.5 Å². The number of carbonyl (C=O) groups is 2. The molecule has 2 heterocycles. The molecule has 0 aromatic heterocycles. The number of rotatable bonds is 6. The summed E-state index contributed by atoms with van der Waals surface area (Å²) in [5, 5.41) is 14.9. The van der Waals surface area contributed by atoms with Crippen LogP contribution in [0.3, 0.4) is 0 Å². The van der Waals surface area contributed by atoms with Gasteiger partial charge in [0.1, 0.15) is 11.4 Å². The quantitative estimate of drug-likeness (QED) is 0.630. The number of para-hydroxylation sites is 1. The molecule has 3 aliphatic rings. The lowest BCUT2D eigenvalue weighted by Gasteiger charge is -2.42. The maximum absolute atomic E-state index is 13.2. The third kappa shape index (κ3) is 4.09. The van der Waals surface area contributed by atoms with Crippen molar-refractivity contribution in [1.82, 2.24) is 15.5 Å². The van der Waals surface area contributed by atoms with E-state index in [2.05, 4.69) is 17.6 Å². The predicted octanol–water partition coefficient (Wildman–Crippen LogP) is 3.60. The van der Waals surface area contributed by atoms with Gasteiger partial charge in [0.05, 0.1) is 12.5 Å². The number of nitrogens with zero attached hydrogens (tertiary/aromatic N) is 1. The van der Waals surface area contributed by atoms with E-state index in [0.717, 1.165) is 24.2 Å². The van der Waals surface area contributed by atoms with E-state index in [0.29, 0.717) is 19.4 Å². The number of fused-ring (bicyclic) bond motifs is 1. The van der Waals surface area contributed by atoms with Gasteiger partial charge in [-0.25, -0.2) is 0 Å². The summed E-state index contributed by atoms with van der Waals surface area (Å²) < 4.78 is 6.08. The van der Waals surface area contributed by atoms with Gasteiger partial charge < -0.3 is 15.4 Å². The van der Waals surface area contributed by atoms with Crippen molar-refractivity contribution in [3.63, 3.8) is 0 Å². The Morgan fingerprint density at radius 3 is 2.62 bits per heavy atom. The van der Waals surface area contributed by atoms with E-state index in [1.807, 2.05) is 52.0 Å². The predicted molar refractivity (Wildman–Crippen MR) is 123 cm³/mol. The van der Waals surface area contributed by atoms with Gasteiger partial charge in [0, 0.05) is 30.0 Å². The van der Waals surface area contributed by atoms with Crippen LogP contribution in [0.4, 0.5) is 0 Å². The number of amides is 2. The smallest absolute Gasteiger partial charge is 0.231 e. The molecule has 7 heteroatoms. The zero-order chi connectivity index (χ0) is 23.3. The first-order chi connectivity index (χ1) is 15.1. The van der Waals surface area contributed by atoms with E-state index >= 15 is 0 Å². The highest BCUT2D eigenvalue weighted by molar-refractivity contribution is 5.99. The second kappa shape index (κ2) is 8.09. The summed E-state index contributed by atoms with van der Waals surface area (Å²) in [4.78, 5) is 27.6. The maximum Gasteiger partial charge on any atom is 0.231 e. The van der Waals surface area contributed by atoms with E-state index < -0.39 is 0 Å². The molecule has 3 N–H and O–H groups in total. The van der Waals surface area contributed by atoms with Gasteiger partial charge in [0.15, 0.2) is 5.96 Å². The molecule has 1 saturated carbocycles. The van der Waals surface area contributed by atoms with Gasteiger partial charge in [0.2, 0.25) is 11.8 Å². The summed E-state index contributed by atoms with van der Waals surface area (Å²) in [6, 6.07) is 7.78. The van der Waals surface area contributed by atoms with Gasteiger partial charge in [-0.05, 0) is 44.6 Å². The highest BCUT2D eigenvalue weighted by atomic mass is 16.5. The summed E-state index contributed by atoms with van der Waals surface area (Å²) in [6.07, 6.45) is 2.71. The molecule has 0 spiro atoms. The summed E-state index contributed by atoms with van der Waals surface area (Å²) >= 11 is 0. The Labute approximate surface area is 190 Å². The van der Waals surface area contributed by atoms with Crippen LogP contribution in [-0.4, -0.2) is 40.4 Å². The zero-order valence-corrected chi connectivity index (χ0v) is 19.8. The number of carbonyl (C=O) groups excluding carboxylic acids is 2. The van der Waals surface area contributed by atoms with Crippen LogP contribution in [0.1, 0.15) is 71.9 Å². The lowest BCUT2D eigenvalue weighted by atomic mass is 9.87. The molecule has 7 nitrogen and oxygen atoms in total. The molecule has 1 saturated heterocycles. The van der Waals surface area contributed by atoms with E-state index in [4.69, 9.17) is 10.1 Å². The Bertz CT molecular complexity index is 904. The van der Waals surface area contributed by atoms with E-state index in [1.54, 1.807) is 0 Å². The SMILES string of the molecule is CCC1(CC)CC(=O)N(C[C@@H]2C(C)[C@H]2C(=O)N[C@H]2CC(C)(C)Oc3ccccc32)C(=N)N1. The van der Waals surface area contributed by atoms with Crippen molar-refractivity contribution in [2.24, 2.45) is 17.8 Å². The highest BCUT2D eigenvalue weighted by Gasteiger charge is 2.54. The van der Waals surface area contributed by atoms with Gasteiger partial charge in [-0.3, -0.25) is 19.9 Å². The van der Waals surface area contributed by atoms with Gasteiger partial charge in [-0.2, -0.15) is 0 Å². The lowest BCUT2D eigenvalue weighted by molar-refractivity contribution is -0.131. The Kier molecular flexibility index (Phi) is 5.72. The minimum Gasteiger partial charge on any atom is -0.487 e. The fraction of sp³-hybridized carbons (Fsp3) is 0.640. The molecule has 0 radical (unpaired) electrons. The molecule has 1 aromatic carbocycles. The van der Waals surface area contributed by atoms with Crippen LogP contribution in [0.2, 0.25) is 0 Å². The summed E-state index contributed by atoms with van der Waals surface area (Å²) in [5.41, 5.74) is 0.338. The monoisotopic (exact) mass is 440 g/mol. The molecule has 32 heavy (non-hydrogen) atoms. The van der Waals surface area contributed by atoms with Crippen LogP contribution in [0.25, 0.3) is 0 Å². The fourth-order valence-electron chi connectivity index (χ4n) is 5.41. The van der Waals surface area contributed by atoms with Crippen molar-refractivity contribution in [2.45, 2.75) is 77.5 Å². The molecule has 2 aliphatic heterocycles. The third-order valence-electron chi connectivity index (χ3n) is 7.75. The molecule has 1 unspecified atom stereocenters. The van der Waals surface area contributed by atoms with Crippen molar-refractivity contribution < 1.29 is 14.3 Å². The minimum atomic E-state index is -0.354. The lowest BCUT2D eigenvalue weighted by Crippen LogP contribution is -2.62. The molecule has 2 amide bonds. The number of guanidine groups is 1. The molecule has 0 bridgehead atoms. The first-order valence-electron chi connectivity index (χ1n) is 11.8. The standard InChI is InChI=1S/C25H36N4O3/c1-6-25(7-2)13-20(30)29(23(26)28-25)14-17-15(3)21(17)22(31)27-18-12-24(4,5)32-19-11-9-8-10-16(18)19/h8-11,15,17-18,21H,6-7,12-14H2,1-5H3,(H2,26,28)(H,27,31)/t15?,17-,18+,21-/m1/s1. The molecule has 1 aliphatic carbocycles. The van der Waals surface area contributed by atoms with Crippen LogP contribution in [0.15, 0.2) is 24.3 Å². The van der Waals surface area contributed by atoms with Crippen LogP contribution in [-0.2, 0) is 9.59 Å². The molecule has 1 aromatic rings. The van der Waals surface area contributed by atoms with Crippen molar-refractivity contribution in [3.8, 4) is 5.75 Å². The summed E-state index contributed by atoms with van der Waals surface area (Å²) in [5.74, 6) is 1.11. The van der Waals surface area contributed by atoms with E-state index in [1.165, 1.54) is 4.90 Å². The van der Waals surface area contributed by atoms with E-state index in [-0.39, 0.29) is 52.7 Å². The Hall–Kier alpha value is -2.57. The second-order valence-corrected chi connectivity index (χ2v) is 10.4. The van der Waals surface area contributed by atoms with Crippen molar-refractivity contribution in [3.05, 3.63) is 29.8 Å². The largest absolute Gasteiger partial charge is 0.487 e. The number of nitrogens with one attached hydrogen (secondary N) is 3. The first kappa shape index (κ1) is 22.6. The average Bonchev–Trinajstić information content (AvgIpc) is 3.38. The molecule has 4 rings (SSSR count). The molecular weight excluding hydrogens is 404 g/mol. The average molecular weight is 441 g/mol. The molecule has 4 atom stereocenters. The molecule has 2 fully saturated rings. The van der Waals surface area contributed by atoms with Gasteiger partial charge in [-0.1, -0.05) is 39.0 Å². The van der Waals surface area contributed by atoms with Gasteiger partial charge in [-0.15, -0.1) is 0 Å². The van der Waals surface area contributed by atoms with Crippen LogP contribution in [0, 0.1) is 23.2 Å². The highest BCUT2D eigenvalue weighted by Crippen LogP contribution is 2.48. The summed E-state index contributed by atoms with van der Waals surface area (Å²) in [7, 11) is 0. The number of ether oxygens (including phenoxy) is 1. The normalized spacial score (nSPS) is 30.1. The third-order valence-corrected chi connectivity index (χ3v) is 7.75. The first-order valence-corrected chi connectivity index (χ1v) is 11.8. The Balaban J connectivity index is 1.41. The van der Waals surface area contributed by atoms with Crippen LogP contribution < -0.4 is 15.4 Å². The second-order valence-electron chi connectivity index (χ2n) is 10.4. The fourth-order valence-corrected chi connectivity index (χ4v) is 5.41. The minimum absolute atomic E-state index is 0.0178. The van der Waals surface area contributed by atoms with Gasteiger partial charge in [0.25, 0.3) is 0 Å². The van der Waals surface area contributed by atoms with Crippen molar-refractivity contribution in [2.75, 3.05) is 6.54 Å². The molecule has 174 valence electrons. The van der Waals surface area contributed by atoms with Gasteiger partial charge >= 0.3 is 0 Å².